The van der Waals surface area contributed by atoms with Gasteiger partial charge in [-0.05, 0) is 12.0 Å². The van der Waals surface area contributed by atoms with Crippen LogP contribution in [0.2, 0.25) is 10.0 Å². The Morgan fingerprint density at radius 1 is 1.29 bits per heavy atom. The number of benzene rings is 1. The summed E-state index contributed by atoms with van der Waals surface area (Å²) in [4.78, 5) is 0. The monoisotopic (exact) mass is 273 g/mol. The Balaban J connectivity index is 2.19. The minimum Gasteiger partial charge on any atom is -0.367 e. The lowest BCUT2D eigenvalue weighted by Gasteiger charge is -2.33. The van der Waals surface area contributed by atoms with Gasteiger partial charge in [0.05, 0.1) is 22.3 Å². The lowest BCUT2D eigenvalue weighted by Crippen LogP contribution is -2.43. The molecule has 1 N–H and O–H groups in total. The van der Waals surface area contributed by atoms with E-state index >= 15 is 0 Å². The zero-order valence-electron chi connectivity index (χ0n) is 10.0. The zero-order chi connectivity index (χ0) is 12.4. The Labute approximate surface area is 112 Å². The molecule has 1 saturated heterocycles. The molecule has 2 nitrogen and oxygen atoms in total. The van der Waals surface area contributed by atoms with Gasteiger partial charge in [-0.3, -0.25) is 0 Å². The lowest BCUT2D eigenvalue weighted by molar-refractivity contribution is -0.0602. The molecule has 1 heterocycles. The molecule has 1 aromatic carbocycles. The van der Waals surface area contributed by atoms with E-state index in [4.69, 9.17) is 27.9 Å². The highest BCUT2D eigenvalue weighted by atomic mass is 35.5. The van der Waals surface area contributed by atoms with Gasteiger partial charge in [-0.1, -0.05) is 49.2 Å². The summed E-state index contributed by atoms with van der Waals surface area (Å²) in [6, 6.07) is 5.68. The Morgan fingerprint density at radius 3 is 2.76 bits per heavy atom. The molecular formula is C13H17Cl2NO. The molecule has 0 radical (unpaired) electrons. The summed E-state index contributed by atoms with van der Waals surface area (Å²) in [7, 11) is 0. The molecule has 2 unspecified atom stereocenters. The van der Waals surface area contributed by atoms with E-state index in [1.54, 1.807) is 6.07 Å². The van der Waals surface area contributed by atoms with Crippen molar-refractivity contribution < 1.29 is 4.74 Å². The van der Waals surface area contributed by atoms with Gasteiger partial charge >= 0.3 is 0 Å². The molecule has 0 aliphatic carbocycles. The first-order valence-corrected chi connectivity index (χ1v) is 6.65. The van der Waals surface area contributed by atoms with E-state index in [1.165, 1.54) is 0 Å². The van der Waals surface area contributed by atoms with Crippen LogP contribution in [0.25, 0.3) is 0 Å². The van der Waals surface area contributed by atoms with E-state index in [0.29, 0.717) is 16.0 Å². The van der Waals surface area contributed by atoms with Gasteiger partial charge < -0.3 is 10.1 Å². The van der Waals surface area contributed by atoms with Crippen LogP contribution in [0.1, 0.15) is 25.5 Å². The summed E-state index contributed by atoms with van der Waals surface area (Å²) in [6.45, 7) is 6.00. The van der Waals surface area contributed by atoms with Crippen molar-refractivity contribution in [3.8, 4) is 0 Å². The van der Waals surface area contributed by atoms with E-state index in [9.17, 15) is 0 Å². The van der Waals surface area contributed by atoms with Crippen molar-refractivity contribution in [1.29, 1.82) is 0 Å². The van der Waals surface area contributed by atoms with Crippen LogP contribution in [-0.2, 0) is 4.74 Å². The third kappa shape index (κ3) is 2.94. The van der Waals surface area contributed by atoms with Crippen LogP contribution < -0.4 is 5.32 Å². The van der Waals surface area contributed by atoms with Gasteiger partial charge in [-0.2, -0.15) is 0 Å². The number of halogens is 2. The molecule has 4 heteroatoms. The average molecular weight is 274 g/mol. The summed E-state index contributed by atoms with van der Waals surface area (Å²) in [6.07, 6.45) is 0.214. The van der Waals surface area contributed by atoms with Crippen molar-refractivity contribution in [2.24, 2.45) is 5.92 Å². The fourth-order valence-electron chi connectivity index (χ4n) is 2.01. The molecule has 0 bridgehead atoms. The van der Waals surface area contributed by atoms with Crippen LogP contribution in [0.15, 0.2) is 18.2 Å². The number of rotatable bonds is 2. The standard InChI is InChI=1S/C13H17Cl2NO/c1-8(2)11-6-16-7-12(17-11)9-4-3-5-10(14)13(9)15/h3-5,8,11-12,16H,6-7H2,1-2H3. The van der Waals surface area contributed by atoms with Crippen LogP contribution in [0.4, 0.5) is 0 Å². The minimum absolute atomic E-state index is 0.0117. The lowest BCUT2D eigenvalue weighted by atomic mass is 10.0. The third-order valence-electron chi connectivity index (χ3n) is 3.09. The highest BCUT2D eigenvalue weighted by molar-refractivity contribution is 6.42. The molecule has 1 aromatic rings. The molecule has 2 atom stereocenters. The van der Waals surface area contributed by atoms with Gasteiger partial charge in [0, 0.05) is 18.7 Å². The predicted molar refractivity (Wildman–Crippen MR) is 71.8 cm³/mol. The fraction of sp³-hybridized carbons (Fsp3) is 0.538. The summed E-state index contributed by atoms with van der Waals surface area (Å²) in [5.41, 5.74) is 0.969. The van der Waals surface area contributed by atoms with Crippen LogP contribution in [0, 0.1) is 5.92 Å². The Hall–Kier alpha value is -0.280. The van der Waals surface area contributed by atoms with Crippen LogP contribution in [0.3, 0.4) is 0 Å². The van der Waals surface area contributed by atoms with E-state index < -0.39 is 0 Å². The molecule has 17 heavy (non-hydrogen) atoms. The highest BCUT2D eigenvalue weighted by Crippen LogP contribution is 2.33. The first-order valence-electron chi connectivity index (χ1n) is 5.89. The molecular weight excluding hydrogens is 257 g/mol. The molecule has 0 spiro atoms. The topological polar surface area (TPSA) is 21.3 Å². The largest absolute Gasteiger partial charge is 0.367 e. The van der Waals surface area contributed by atoms with E-state index in [1.807, 2.05) is 12.1 Å². The predicted octanol–water partition coefficient (Wildman–Crippen LogP) is 3.68. The van der Waals surface area contributed by atoms with Crippen molar-refractivity contribution in [3.05, 3.63) is 33.8 Å². The van der Waals surface area contributed by atoms with Crippen LogP contribution in [-0.4, -0.2) is 19.2 Å². The minimum atomic E-state index is -0.0117. The highest BCUT2D eigenvalue weighted by Gasteiger charge is 2.27. The zero-order valence-corrected chi connectivity index (χ0v) is 11.6. The Bertz CT molecular complexity index is 395. The second kappa shape index (κ2) is 5.57. The summed E-state index contributed by atoms with van der Waals surface area (Å²) >= 11 is 12.2. The van der Waals surface area contributed by atoms with Gasteiger partial charge in [0.1, 0.15) is 0 Å². The second-order valence-corrected chi connectivity index (χ2v) is 5.49. The molecule has 1 aliphatic rings. The maximum atomic E-state index is 6.21. The average Bonchev–Trinajstić information content (AvgIpc) is 2.33. The Kier molecular flexibility index (Phi) is 4.31. The number of nitrogens with one attached hydrogen (secondary N) is 1. The number of hydrogen-bond acceptors (Lipinski definition) is 2. The molecule has 0 saturated carbocycles. The van der Waals surface area contributed by atoms with Crippen molar-refractivity contribution >= 4 is 23.2 Å². The summed E-state index contributed by atoms with van der Waals surface area (Å²) in [5, 5.41) is 4.57. The van der Waals surface area contributed by atoms with Gasteiger partial charge in [0.15, 0.2) is 0 Å². The quantitative estimate of drug-likeness (QED) is 0.888. The normalized spacial score (nSPS) is 25.2. The number of ether oxygens (including phenoxy) is 1. The van der Waals surface area contributed by atoms with Gasteiger partial charge in [0.2, 0.25) is 0 Å². The van der Waals surface area contributed by atoms with Gasteiger partial charge in [0.25, 0.3) is 0 Å². The van der Waals surface area contributed by atoms with Gasteiger partial charge in [-0.25, -0.2) is 0 Å². The van der Waals surface area contributed by atoms with Gasteiger partial charge in [-0.15, -0.1) is 0 Å². The molecule has 0 amide bonds. The van der Waals surface area contributed by atoms with Crippen LogP contribution in [0.5, 0.6) is 0 Å². The van der Waals surface area contributed by atoms with Crippen molar-refractivity contribution in [2.75, 3.05) is 13.1 Å². The molecule has 2 rings (SSSR count). The third-order valence-corrected chi connectivity index (χ3v) is 3.92. The number of hydrogen-bond donors (Lipinski definition) is 1. The van der Waals surface area contributed by atoms with Crippen LogP contribution >= 0.6 is 23.2 Å². The van der Waals surface area contributed by atoms with E-state index in [2.05, 4.69) is 19.2 Å². The first-order chi connectivity index (χ1) is 8.09. The van der Waals surface area contributed by atoms with E-state index in [-0.39, 0.29) is 12.2 Å². The second-order valence-electron chi connectivity index (χ2n) is 4.71. The summed E-state index contributed by atoms with van der Waals surface area (Å²) < 4.78 is 6.06. The molecule has 0 aromatic heterocycles. The maximum absolute atomic E-state index is 6.21. The Morgan fingerprint density at radius 2 is 2.06 bits per heavy atom. The van der Waals surface area contributed by atoms with Crippen molar-refractivity contribution in [3.63, 3.8) is 0 Å². The van der Waals surface area contributed by atoms with Crippen molar-refractivity contribution in [1.82, 2.24) is 5.32 Å². The smallest absolute Gasteiger partial charge is 0.0968 e. The first kappa shape index (κ1) is 13.2. The molecule has 94 valence electrons. The fourth-order valence-corrected chi connectivity index (χ4v) is 2.44. The maximum Gasteiger partial charge on any atom is 0.0968 e. The van der Waals surface area contributed by atoms with Crippen molar-refractivity contribution in [2.45, 2.75) is 26.1 Å². The SMILES string of the molecule is CC(C)C1CNCC(c2cccc(Cl)c2Cl)O1. The van der Waals surface area contributed by atoms with E-state index in [0.717, 1.165) is 18.7 Å². The molecule has 1 aliphatic heterocycles. The number of morpholine rings is 1. The molecule has 1 fully saturated rings. The summed E-state index contributed by atoms with van der Waals surface area (Å²) in [5.74, 6) is 0.489.